The van der Waals surface area contributed by atoms with Crippen LogP contribution in [0.5, 0.6) is 0 Å². The average molecular weight is 706 g/mol. The molecule has 222 valence electrons. The van der Waals surface area contributed by atoms with Crippen molar-refractivity contribution in [3.05, 3.63) is 0 Å². The molecule has 0 aromatic carbocycles. The number of carbonyl (C=O) groups excluding carboxylic acids is 6. The monoisotopic (exact) mass is 706 g/mol. The molecule has 0 aliphatic carbocycles. The van der Waals surface area contributed by atoms with Crippen LogP contribution in [0.3, 0.4) is 0 Å². The molecule has 0 aromatic rings. The van der Waals surface area contributed by atoms with E-state index in [0.29, 0.717) is 77.0 Å². The molecular formula is C24H42O12W-6. The fourth-order valence-corrected chi connectivity index (χ4v) is 1.00. The van der Waals surface area contributed by atoms with E-state index in [4.69, 9.17) is 0 Å². The molecule has 0 N–H and O–H groups in total. The smallest absolute Gasteiger partial charge is 0.119 e. The third-order valence-corrected chi connectivity index (χ3v) is 2.80. The summed E-state index contributed by atoms with van der Waals surface area (Å²) >= 11 is 0. The van der Waals surface area contributed by atoms with Gasteiger partial charge in [0.25, 0.3) is 0 Å². The van der Waals surface area contributed by atoms with Crippen molar-refractivity contribution in [2.24, 2.45) is 0 Å². The molecule has 0 unspecified atom stereocenters. The van der Waals surface area contributed by atoms with Gasteiger partial charge in [-0.15, -0.1) is 39.6 Å². The van der Waals surface area contributed by atoms with Gasteiger partial charge in [-0.3, -0.25) is 0 Å². The number of carbonyl (C=O) groups is 6. The summed E-state index contributed by atoms with van der Waals surface area (Å²) in [5.41, 5.74) is 0. The number of hydrogen-bond donors (Lipinski definition) is 0. The van der Waals surface area contributed by atoms with Gasteiger partial charge in [-0.25, -0.2) is 0 Å². The van der Waals surface area contributed by atoms with Gasteiger partial charge in [-0.05, 0) is 0 Å². The summed E-state index contributed by atoms with van der Waals surface area (Å²) in [4.78, 5) is 56.5. The first-order valence-electron chi connectivity index (χ1n) is 11.6. The Kier molecular flexibility index (Phi) is 107. The van der Waals surface area contributed by atoms with Gasteiger partial charge < -0.3 is 59.4 Å². The second-order valence-corrected chi connectivity index (χ2v) is 6.08. The minimum absolute atomic E-state index is 0. The average Bonchev–Trinajstić information content (AvgIpc) is 2.92. The number of hydrogen-bond acceptors (Lipinski definition) is 12. The van der Waals surface area contributed by atoms with E-state index in [9.17, 15) is 59.4 Å². The summed E-state index contributed by atoms with van der Waals surface area (Å²) in [6.45, 7) is -0.757. The number of unbranched alkanes of at least 4 members (excludes halogenated alkanes) is 6. The van der Waals surface area contributed by atoms with E-state index in [1.54, 1.807) is 0 Å². The van der Waals surface area contributed by atoms with Crippen LogP contribution in [-0.2, 0) is 49.8 Å². The topological polar surface area (TPSA) is 241 Å². The second-order valence-electron chi connectivity index (χ2n) is 6.08. The van der Waals surface area contributed by atoms with Crippen LogP contribution in [0.2, 0.25) is 0 Å². The van der Waals surface area contributed by atoms with Crippen molar-refractivity contribution in [2.45, 2.75) is 77.0 Å². The minimum atomic E-state index is -0.126. The summed E-state index contributed by atoms with van der Waals surface area (Å²) in [6, 6.07) is 0. The van der Waals surface area contributed by atoms with Crippen molar-refractivity contribution in [2.75, 3.05) is 39.6 Å². The van der Waals surface area contributed by atoms with Crippen molar-refractivity contribution < 1.29 is 80.5 Å². The van der Waals surface area contributed by atoms with Crippen LogP contribution < -0.4 is 30.6 Å². The normalized spacial score (nSPS) is 7.95. The first-order chi connectivity index (χ1) is 17.5. The third kappa shape index (κ3) is 134. The standard InChI is InChI=1S/6C4H7O2.W/c6*5-3-1-2-4-6;/h6*3H,1-2,4H2;/q6*-1;. The summed E-state index contributed by atoms with van der Waals surface area (Å²) in [6.07, 6.45) is 10.0. The van der Waals surface area contributed by atoms with Crippen LogP contribution in [0.25, 0.3) is 0 Å². The number of rotatable bonds is 18. The van der Waals surface area contributed by atoms with Crippen molar-refractivity contribution >= 4 is 37.7 Å². The Labute approximate surface area is 234 Å². The van der Waals surface area contributed by atoms with E-state index in [1.165, 1.54) is 0 Å². The molecule has 0 aliphatic heterocycles. The van der Waals surface area contributed by atoms with Crippen molar-refractivity contribution in [3.63, 3.8) is 0 Å². The van der Waals surface area contributed by atoms with Crippen LogP contribution in [0.15, 0.2) is 0 Å². The summed E-state index contributed by atoms with van der Waals surface area (Å²) in [5.74, 6) is 0. The Morgan fingerprint density at radius 2 is 0.405 bits per heavy atom. The predicted molar refractivity (Wildman–Crippen MR) is 121 cm³/mol. The molecule has 0 rings (SSSR count). The van der Waals surface area contributed by atoms with Gasteiger partial charge in [0.15, 0.2) is 0 Å². The van der Waals surface area contributed by atoms with Gasteiger partial charge in [0.1, 0.15) is 37.7 Å². The quantitative estimate of drug-likeness (QED) is 0.0978. The summed E-state index contributed by atoms with van der Waals surface area (Å²) in [7, 11) is 0. The maximum absolute atomic E-state index is 9.53. The van der Waals surface area contributed by atoms with E-state index in [2.05, 4.69) is 0 Å². The van der Waals surface area contributed by atoms with Gasteiger partial charge in [0, 0.05) is 59.6 Å². The fourth-order valence-electron chi connectivity index (χ4n) is 1.00. The third-order valence-electron chi connectivity index (χ3n) is 2.80. The molecule has 0 aromatic heterocycles. The number of aldehydes is 6. The molecule has 12 nitrogen and oxygen atoms in total. The van der Waals surface area contributed by atoms with Gasteiger partial charge in [-0.2, -0.15) is 0 Å². The molecule has 0 atom stereocenters. The zero-order chi connectivity index (χ0) is 29.0. The molecule has 37 heavy (non-hydrogen) atoms. The maximum atomic E-state index is 9.53. The maximum Gasteiger partial charge on any atom is 0.119 e. The molecule has 0 saturated carbocycles. The van der Waals surface area contributed by atoms with Gasteiger partial charge >= 0.3 is 0 Å². The first kappa shape index (κ1) is 52.0. The molecule has 0 heterocycles. The van der Waals surface area contributed by atoms with Crippen LogP contribution in [-0.4, -0.2) is 77.4 Å². The first-order valence-corrected chi connectivity index (χ1v) is 11.6. The summed E-state index contributed by atoms with van der Waals surface area (Å²) in [5, 5.41) is 57.2. The molecule has 0 amide bonds. The zero-order valence-electron chi connectivity index (χ0n) is 21.5. The zero-order valence-corrected chi connectivity index (χ0v) is 24.4. The second kappa shape index (κ2) is 76.5. The molecular weight excluding hydrogens is 664 g/mol. The minimum Gasteiger partial charge on any atom is -0.854 e. The molecule has 0 saturated heterocycles. The Morgan fingerprint density at radius 3 is 0.432 bits per heavy atom. The van der Waals surface area contributed by atoms with Crippen molar-refractivity contribution in [1.82, 2.24) is 0 Å². The van der Waals surface area contributed by atoms with Crippen molar-refractivity contribution in [1.29, 1.82) is 0 Å². The van der Waals surface area contributed by atoms with Crippen LogP contribution >= 0.6 is 0 Å². The van der Waals surface area contributed by atoms with Crippen molar-refractivity contribution in [3.8, 4) is 0 Å². The fraction of sp³-hybridized carbons (Fsp3) is 0.750. The van der Waals surface area contributed by atoms with E-state index < -0.39 is 0 Å². The van der Waals surface area contributed by atoms with Gasteiger partial charge in [-0.1, -0.05) is 38.5 Å². The Morgan fingerprint density at radius 1 is 0.297 bits per heavy atom. The van der Waals surface area contributed by atoms with Crippen LogP contribution in [0.4, 0.5) is 0 Å². The molecule has 0 radical (unpaired) electrons. The predicted octanol–water partition coefficient (Wildman–Crippen LogP) is -4.05. The Hall–Kier alpha value is -1.53. The SMILES string of the molecule is O=CCCC[O-].O=CCCC[O-].O=CCCC[O-].O=CCCC[O-].O=CCCC[O-].O=CCCC[O-].[W]. The Bertz CT molecular complexity index is 307. The Balaban J connectivity index is -0.0000000581. The van der Waals surface area contributed by atoms with Gasteiger partial charge in [0.05, 0.1) is 0 Å². The summed E-state index contributed by atoms with van der Waals surface area (Å²) < 4.78 is 0. The molecule has 0 fully saturated rings. The largest absolute Gasteiger partial charge is 0.854 e. The molecule has 13 heteroatoms. The molecule has 0 spiro atoms. The van der Waals surface area contributed by atoms with Crippen LogP contribution in [0, 0.1) is 0 Å². The van der Waals surface area contributed by atoms with E-state index in [-0.39, 0.29) is 60.7 Å². The molecule has 0 aliphatic rings. The van der Waals surface area contributed by atoms with E-state index in [1.807, 2.05) is 0 Å². The van der Waals surface area contributed by atoms with Gasteiger partial charge in [0.2, 0.25) is 0 Å². The van der Waals surface area contributed by atoms with E-state index in [0.717, 1.165) is 37.7 Å². The van der Waals surface area contributed by atoms with E-state index >= 15 is 0 Å². The molecule has 0 bridgehead atoms. The van der Waals surface area contributed by atoms with Crippen LogP contribution in [0.1, 0.15) is 77.0 Å².